The molecule has 0 aliphatic carbocycles. The fourth-order valence-corrected chi connectivity index (χ4v) is 0.608. The van der Waals surface area contributed by atoms with Gasteiger partial charge in [-0.15, -0.1) is 0 Å². The molecule has 0 atom stereocenters. The highest BCUT2D eigenvalue weighted by Crippen LogP contribution is 2.12. The number of carboxylic acid groups (broad SMARTS) is 3. The van der Waals surface area contributed by atoms with Gasteiger partial charge in [-0.25, -0.2) is 14.4 Å². The average molecular weight is 589 g/mol. The Morgan fingerprint density at radius 2 is 0.750 bits per heavy atom. The normalized spacial score (nSPS) is 9.53. The number of unbranched alkanes of at least 4 members (excludes halogenated alkanes) is 1. The number of carboxylic acids is 3. The monoisotopic (exact) mass is 588 g/mol. The van der Waals surface area contributed by atoms with E-state index in [1.807, 2.05) is 0 Å². The van der Waals surface area contributed by atoms with Gasteiger partial charge < -0.3 is 56.2 Å². The van der Waals surface area contributed by atoms with Gasteiger partial charge >= 0.3 is 17.9 Å². The molecule has 0 saturated heterocycles. The molecular weight excluding hydrogens is 536 g/mol. The first-order valence-electron chi connectivity index (χ1n) is 11.8. The summed E-state index contributed by atoms with van der Waals surface area (Å²) in [6.45, 7) is 15.6. The summed E-state index contributed by atoms with van der Waals surface area (Å²) in [5.41, 5.74) is -1.29. The first kappa shape index (κ1) is 50.2. The summed E-state index contributed by atoms with van der Waals surface area (Å²) in [6, 6.07) is 0. The van der Waals surface area contributed by atoms with Crippen molar-refractivity contribution in [3.05, 3.63) is 36.5 Å². The third-order valence-corrected chi connectivity index (χ3v) is 4.09. The van der Waals surface area contributed by atoms with Crippen LogP contribution in [0.4, 0.5) is 0 Å². The van der Waals surface area contributed by atoms with Crippen LogP contribution < -0.4 is 0 Å². The van der Waals surface area contributed by atoms with Gasteiger partial charge in [0.2, 0.25) is 0 Å². The maximum absolute atomic E-state index is 9.60. The van der Waals surface area contributed by atoms with Crippen LogP contribution in [0.2, 0.25) is 0 Å². The summed E-state index contributed by atoms with van der Waals surface area (Å²) in [5, 5.41) is 91.1. The quantitative estimate of drug-likeness (QED) is 0.130. The Morgan fingerprint density at radius 1 is 0.550 bits per heavy atom. The molecule has 0 aromatic carbocycles. The van der Waals surface area contributed by atoms with Gasteiger partial charge in [0.1, 0.15) is 0 Å². The topological polar surface area (TPSA) is 274 Å². The van der Waals surface area contributed by atoms with E-state index in [2.05, 4.69) is 26.7 Å². The molecule has 0 aliphatic rings. The minimum atomic E-state index is -1.11. The second kappa shape index (κ2) is 32.5. The van der Waals surface area contributed by atoms with Gasteiger partial charge in [-0.3, -0.25) is 0 Å². The van der Waals surface area contributed by atoms with Gasteiger partial charge in [0.15, 0.2) is 0 Å². The number of hydrogen-bond acceptors (Lipinski definition) is 11. The van der Waals surface area contributed by atoms with Crippen LogP contribution in [0.1, 0.15) is 47.5 Å². The number of aliphatic carboxylic acids is 3. The number of rotatable bonds is 12. The van der Waals surface area contributed by atoms with Crippen LogP contribution in [0.3, 0.4) is 0 Å². The number of carbonyl (C=O) groups is 3. The van der Waals surface area contributed by atoms with Crippen LogP contribution in [-0.2, 0) is 14.4 Å². The third-order valence-electron chi connectivity index (χ3n) is 4.09. The van der Waals surface area contributed by atoms with Crippen molar-refractivity contribution in [1.82, 2.24) is 0 Å². The smallest absolute Gasteiger partial charge is 0.330 e. The van der Waals surface area contributed by atoms with E-state index >= 15 is 0 Å². The highest BCUT2D eigenvalue weighted by Gasteiger charge is 2.26. The van der Waals surface area contributed by atoms with Crippen molar-refractivity contribution in [3.63, 3.8) is 0 Å². The molecule has 240 valence electrons. The number of aliphatic hydroxyl groups excluding tert-OH is 8. The van der Waals surface area contributed by atoms with Crippen molar-refractivity contribution in [2.24, 2.45) is 10.8 Å². The summed E-state index contributed by atoms with van der Waals surface area (Å²) in [4.78, 5) is 28.8. The molecule has 0 amide bonds. The van der Waals surface area contributed by atoms with E-state index in [-0.39, 0.29) is 36.5 Å². The number of hydrogen-bond donors (Lipinski definition) is 11. The predicted molar refractivity (Wildman–Crippen MR) is 149 cm³/mol. The highest BCUT2D eigenvalue weighted by atomic mass is 16.4. The van der Waals surface area contributed by atoms with Crippen molar-refractivity contribution in [2.45, 2.75) is 47.5 Å². The third kappa shape index (κ3) is 39.8. The molecule has 11 N–H and O–H groups in total. The molecule has 0 rings (SSSR count). The van der Waals surface area contributed by atoms with Gasteiger partial charge in [0.05, 0.1) is 51.7 Å². The Morgan fingerprint density at radius 3 is 0.750 bits per heavy atom. The van der Waals surface area contributed by atoms with E-state index in [1.54, 1.807) is 6.92 Å². The zero-order valence-electron chi connectivity index (χ0n) is 24.3. The van der Waals surface area contributed by atoms with Crippen LogP contribution in [-0.4, -0.2) is 127 Å². The summed E-state index contributed by atoms with van der Waals surface area (Å²) in [5.74, 6) is -2.81. The van der Waals surface area contributed by atoms with Crippen molar-refractivity contribution in [3.8, 4) is 0 Å². The Labute approximate surface area is 236 Å². The Hall–Kier alpha value is -2.69. The van der Waals surface area contributed by atoms with Crippen molar-refractivity contribution in [2.75, 3.05) is 52.9 Å². The predicted octanol–water partition coefficient (Wildman–Crippen LogP) is -0.368. The zero-order valence-corrected chi connectivity index (χ0v) is 24.3. The largest absolute Gasteiger partial charge is 0.478 e. The highest BCUT2D eigenvalue weighted by molar-refractivity contribution is 5.85. The molecule has 0 spiro atoms. The van der Waals surface area contributed by atoms with Crippen LogP contribution >= 0.6 is 0 Å². The Bertz CT molecular complexity index is 560. The molecule has 0 fully saturated rings. The lowest BCUT2D eigenvalue weighted by atomic mass is 9.93. The van der Waals surface area contributed by atoms with E-state index in [0.29, 0.717) is 6.61 Å². The van der Waals surface area contributed by atoms with E-state index in [4.69, 9.17) is 56.2 Å². The minimum absolute atomic E-state index is 0.176. The summed E-state index contributed by atoms with van der Waals surface area (Å²) < 4.78 is 0. The zero-order chi connectivity index (χ0) is 33.5. The summed E-state index contributed by atoms with van der Waals surface area (Å²) in [7, 11) is 0. The van der Waals surface area contributed by atoms with Crippen LogP contribution in [0, 0.1) is 10.8 Å². The Kier molecular flexibility index (Phi) is 40.8. The van der Waals surface area contributed by atoms with E-state index in [9.17, 15) is 14.4 Å². The molecule has 0 bridgehead atoms. The van der Waals surface area contributed by atoms with Crippen molar-refractivity contribution < 1.29 is 70.6 Å². The maximum atomic E-state index is 9.60. The molecule has 0 saturated carbocycles. The molecule has 40 heavy (non-hydrogen) atoms. The molecule has 0 aromatic rings. The second-order valence-corrected chi connectivity index (χ2v) is 8.75. The molecule has 0 radical (unpaired) electrons. The average Bonchev–Trinajstić information content (AvgIpc) is 2.92. The first-order chi connectivity index (χ1) is 18.3. The first-order valence-corrected chi connectivity index (χ1v) is 11.8. The lowest BCUT2D eigenvalue weighted by molar-refractivity contribution is -0.133. The Balaban J connectivity index is -0.0000000877. The summed E-state index contributed by atoms with van der Waals surface area (Å²) in [6.07, 6.45) is 2.04. The van der Waals surface area contributed by atoms with Gasteiger partial charge in [0, 0.05) is 28.7 Å². The fourth-order valence-electron chi connectivity index (χ4n) is 0.608. The van der Waals surface area contributed by atoms with E-state index in [0.717, 1.165) is 12.8 Å². The van der Waals surface area contributed by atoms with E-state index < -0.39 is 55.2 Å². The molecular formula is C26H52O14. The van der Waals surface area contributed by atoms with E-state index in [1.165, 1.54) is 20.8 Å². The number of aliphatic hydroxyl groups is 8. The van der Waals surface area contributed by atoms with Crippen LogP contribution in [0.25, 0.3) is 0 Å². The van der Waals surface area contributed by atoms with Crippen LogP contribution in [0.5, 0.6) is 0 Å². The van der Waals surface area contributed by atoms with Gasteiger partial charge in [-0.2, -0.15) is 0 Å². The molecule has 0 aliphatic heterocycles. The standard InChI is InChI=1S/C5H12O4.C5H12O3.3C4H6O2.C4H10O/c6-1-5(2-7,3-8)4-9;1-5(2-6,3-7)4-8;3*1-3(2)4(5)6;1-2-3-4-5/h6-9H,1-4H2;6-8H,2-4H2,1H3;3*1H2,2H3,(H,5,6);5H,2-4H2,1H3. The van der Waals surface area contributed by atoms with Gasteiger partial charge in [-0.1, -0.05) is 40.0 Å². The molecule has 0 aromatic heterocycles. The molecule has 0 unspecified atom stereocenters. The fraction of sp³-hybridized carbons (Fsp3) is 0.654. The summed E-state index contributed by atoms with van der Waals surface area (Å²) >= 11 is 0. The molecule has 14 heteroatoms. The molecule has 14 nitrogen and oxygen atoms in total. The minimum Gasteiger partial charge on any atom is -0.478 e. The SMILES string of the molecule is C=C(C)C(=O)O.C=C(C)C(=O)O.C=C(C)C(=O)O.CC(CO)(CO)CO.CCCCO.OCC(CO)(CO)CO. The maximum Gasteiger partial charge on any atom is 0.330 e. The van der Waals surface area contributed by atoms with Gasteiger partial charge in [0.25, 0.3) is 0 Å². The molecule has 0 heterocycles. The lowest BCUT2D eigenvalue weighted by Gasteiger charge is -2.23. The van der Waals surface area contributed by atoms with Crippen molar-refractivity contribution in [1.29, 1.82) is 0 Å². The lowest BCUT2D eigenvalue weighted by Crippen LogP contribution is -2.37. The van der Waals surface area contributed by atoms with Crippen LogP contribution in [0.15, 0.2) is 36.5 Å². The van der Waals surface area contributed by atoms with Crippen molar-refractivity contribution >= 4 is 17.9 Å². The second-order valence-electron chi connectivity index (χ2n) is 8.75. The van der Waals surface area contributed by atoms with Gasteiger partial charge in [-0.05, 0) is 27.2 Å².